The molecule has 0 aliphatic heterocycles. The van der Waals surface area contributed by atoms with E-state index in [9.17, 15) is 4.79 Å². The number of fused-ring (bicyclic) bond motifs is 1. The molecule has 1 amide bonds. The van der Waals surface area contributed by atoms with Crippen molar-refractivity contribution in [2.24, 2.45) is 0 Å². The van der Waals surface area contributed by atoms with Gasteiger partial charge in [0.15, 0.2) is 0 Å². The highest BCUT2D eigenvalue weighted by Gasteiger charge is 2.28. The highest BCUT2D eigenvalue weighted by molar-refractivity contribution is 14.1. The van der Waals surface area contributed by atoms with Gasteiger partial charge < -0.3 is 15.8 Å². The van der Waals surface area contributed by atoms with Crippen LogP contribution in [0.4, 0.5) is 11.5 Å². The van der Waals surface area contributed by atoms with Gasteiger partial charge in [-0.1, -0.05) is 57.4 Å². The number of nitrogens with two attached hydrogens (primary N) is 1. The molecule has 0 atom stereocenters. The molecule has 4 aromatic rings. The Labute approximate surface area is 228 Å². The quantitative estimate of drug-likeness (QED) is 0.205. The molecule has 9 heteroatoms. The lowest BCUT2D eigenvalue weighted by atomic mass is 9.95. The molecule has 7 nitrogen and oxygen atoms in total. The minimum atomic E-state index is -0.283. The normalized spacial score (nSPS) is 17.8. The van der Waals surface area contributed by atoms with E-state index in [0.717, 1.165) is 44.5 Å². The summed E-state index contributed by atoms with van der Waals surface area (Å²) in [6, 6.07) is 11.5. The molecule has 36 heavy (non-hydrogen) atoms. The number of alkyl halides is 1. The van der Waals surface area contributed by atoms with E-state index < -0.39 is 0 Å². The number of nitrogens with one attached hydrogen (secondary N) is 2. The number of hydrogen-bond acceptors (Lipinski definition) is 4. The van der Waals surface area contributed by atoms with Gasteiger partial charge >= 0.3 is 0 Å². The molecule has 2 aromatic carbocycles. The van der Waals surface area contributed by atoms with E-state index in [1.807, 2.05) is 37.3 Å². The number of aromatic amines is 1. The molecule has 0 unspecified atom stereocenters. The van der Waals surface area contributed by atoms with Gasteiger partial charge in [0.2, 0.25) is 17.8 Å². The molecule has 0 spiro atoms. The van der Waals surface area contributed by atoms with Crippen LogP contribution in [0.1, 0.15) is 47.6 Å². The first kappa shape index (κ1) is 24.8. The van der Waals surface area contributed by atoms with Gasteiger partial charge in [-0.05, 0) is 61.9 Å². The number of anilines is 2. The Kier molecular flexibility index (Phi) is 7.07. The molecule has 0 radical (unpaired) electrons. The van der Waals surface area contributed by atoms with Crippen molar-refractivity contribution in [3.8, 4) is 16.9 Å². The smallest absolute Gasteiger partial charge is 0.257 e. The number of H-pyrrole nitrogens is 1. The summed E-state index contributed by atoms with van der Waals surface area (Å²) in [6.45, 7) is 1.86. The fraction of sp³-hybridized carbons (Fsp3) is 0.296. The Morgan fingerprint density at radius 3 is 2.75 bits per heavy atom. The van der Waals surface area contributed by atoms with Gasteiger partial charge in [-0.3, -0.25) is 9.36 Å². The minimum absolute atomic E-state index is 0.283. The van der Waals surface area contributed by atoms with Gasteiger partial charge in [-0.15, -0.1) is 0 Å². The second-order valence-corrected chi connectivity index (χ2v) is 11.3. The SMILES string of the molecule is COc1cc(-c2cn(C3CCC(I)CC3)c3[nH+]cnc(N)c23)ccc1NC(=O)c1c(C)cccc1Cl. The highest BCUT2D eigenvalue weighted by atomic mass is 127. The maximum absolute atomic E-state index is 13.0. The van der Waals surface area contributed by atoms with Gasteiger partial charge in [0.05, 0.1) is 35.6 Å². The number of nitrogen functional groups attached to an aromatic ring is 1. The fourth-order valence-corrected chi connectivity index (χ4v) is 6.07. The number of benzene rings is 2. The summed E-state index contributed by atoms with van der Waals surface area (Å²) >= 11 is 8.85. The zero-order valence-electron chi connectivity index (χ0n) is 20.1. The van der Waals surface area contributed by atoms with E-state index in [-0.39, 0.29) is 5.91 Å². The first-order valence-corrected chi connectivity index (χ1v) is 13.6. The largest absolute Gasteiger partial charge is 0.495 e. The van der Waals surface area contributed by atoms with E-state index in [1.165, 1.54) is 12.8 Å². The number of amides is 1. The Balaban J connectivity index is 1.53. The van der Waals surface area contributed by atoms with E-state index in [2.05, 4.69) is 48.6 Å². The molecule has 1 saturated carbocycles. The number of carbonyl (C=O) groups is 1. The fourth-order valence-electron chi connectivity index (χ4n) is 5.04. The van der Waals surface area contributed by atoms with E-state index >= 15 is 0 Å². The summed E-state index contributed by atoms with van der Waals surface area (Å²) in [6.07, 6.45) is 8.47. The van der Waals surface area contributed by atoms with Gasteiger partial charge in [0.25, 0.3) is 5.91 Å². The lowest BCUT2D eigenvalue weighted by Crippen LogP contribution is -2.20. The number of carbonyl (C=O) groups excluding carboxylic acids is 1. The van der Waals surface area contributed by atoms with Crippen LogP contribution in [0.5, 0.6) is 5.75 Å². The van der Waals surface area contributed by atoms with Gasteiger partial charge in [0.1, 0.15) is 11.1 Å². The third-order valence-electron chi connectivity index (χ3n) is 6.92. The van der Waals surface area contributed by atoms with Crippen molar-refractivity contribution in [1.82, 2.24) is 9.55 Å². The van der Waals surface area contributed by atoms with E-state index in [0.29, 0.717) is 33.9 Å². The lowest BCUT2D eigenvalue weighted by Gasteiger charge is -2.24. The third kappa shape index (κ3) is 4.64. The Hall–Kier alpha value is -2.85. The van der Waals surface area contributed by atoms with Crippen molar-refractivity contribution in [3.05, 3.63) is 65.1 Å². The van der Waals surface area contributed by atoms with Gasteiger partial charge in [-0.25, -0.2) is 4.98 Å². The van der Waals surface area contributed by atoms with Crippen LogP contribution in [0.15, 0.2) is 48.9 Å². The average molecular weight is 617 g/mol. The summed E-state index contributed by atoms with van der Waals surface area (Å²) in [7, 11) is 1.59. The van der Waals surface area contributed by atoms with Gasteiger partial charge in [0, 0.05) is 9.49 Å². The van der Waals surface area contributed by atoms with E-state index in [1.54, 1.807) is 19.5 Å². The van der Waals surface area contributed by atoms with Crippen LogP contribution < -0.4 is 20.8 Å². The Morgan fingerprint density at radius 1 is 1.25 bits per heavy atom. The number of nitrogens with zero attached hydrogens (tertiary/aromatic N) is 2. The molecule has 2 aromatic heterocycles. The predicted molar refractivity (Wildman–Crippen MR) is 152 cm³/mol. The standard InChI is InChI=1S/C27H27ClIN5O2/c1-15-4-3-5-20(28)23(15)27(35)33-21-11-6-16(12-22(21)36-2)19-13-34(18-9-7-17(29)8-10-18)26-24(19)25(30)31-14-32-26/h3-6,11-14,17-18H,7-10H2,1-2H3,(H,33,35)(H2,30,31,32)/p+1. The zero-order chi connectivity index (χ0) is 25.4. The number of aryl methyl sites for hydroxylation is 1. The average Bonchev–Trinajstić information content (AvgIpc) is 3.26. The van der Waals surface area contributed by atoms with Crippen molar-refractivity contribution in [1.29, 1.82) is 0 Å². The minimum Gasteiger partial charge on any atom is -0.495 e. The molecule has 0 saturated heterocycles. The molecule has 4 N–H and O–H groups in total. The predicted octanol–water partition coefficient (Wildman–Crippen LogP) is 6.24. The maximum Gasteiger partial charge on any atom is 0.257 e. The number of aromatic nitrogens is 3. The molecular weight excluding hydrogens is 589 g/mol. The summed E-state index contributed by atoms with van der Waals surface area (Å²) in [4.78, 5) is 20.7. The van der Waals surface area contributed by atoms with Crippen molar-refractivity contribution < 1.29 is 14.5 Å². The second-order valence-electron chi connectivity index (χ2n) is 9.17. The van der Waals surface area contributed by atoms with Crippen LogP contribution in [-0.2, 0) is 0 Å². The molecule has 5 rings (SSSR count). The van der Waals surface area contributed by atoms with Crippen molar-refractivity contribution >= 4 is 62.6 Å². The summed E-state index contributed by atoms with van der Waals surface area (Å²) in [5.41, 5.74) is 11.1. The molecule has 186 valence electrons. The topological polar surface area (TPSA) is 96.3 Å². The van der Waals surface area contributed by atoms with Crippen LogP contribution in [0, 0.1) is 6.92 Å². The first-order chi connectivity index (χ1) is 17.4. The van der Waals surface area contributed by atoms with Crippen molar-refractivity contribution in [3.63, 3.8) is 0 Å². The summed E-state index contributed by atoms with van der Waals surface area (Å²) < 4.78 is 8.72. The number of methoxy groups -OCH3 is 1. The molecule has 0 bridgehead atoms. The number of rotatable bonds is 5. The van der Waals surface area contributed by atoms with Crippen LogP contribution in [0.25, 0.3) is 22.2 Å². The van der Waals surface area contributed by atoms with Crippen LogP contribution in [0.2, 0.25) is 5.02 Å². The lowest BCUT2D eigenvalue weighted by molar-refractivity contribution is -0.354. The summed E-state index contributed by atoms with van der Waals surface area (Å²) in [5, 5.41) is 4.25. The Bertz CT molecular complexity index is 1430. The first-order valence-electron chi connectivity index (χ1n) is 11.9. The van der Waals surface area contributed by atoms with Crippen LogP contribution >= 0.6 is 34.2 Å². The van der Waals surface area contributed by atoms with Crippen LogP contribution in [0.3, 0.4) is 0 Å². The zero-order valence-corrected chi connectivity index (χ0v) is 23.1. The summed E-state index contributed by atoms with van der Waals surface area (Å²) in [5.74, 6) is 0.739. The molecule has 1 aliphatic rings. The molecule has 1 fully saturated rings. The second kappa shape index (κ2) is 10.3. The van der Waals surface area contributed by atoms with E-state index in [4.69, 9.17) is 22.1 Å². The molecular formula is C27H28ClIN5O2+. The third-order valence-corrected chi connectivity index (χ3v) is 8.48. The number of ether oxygens (including phenoxy) is 1. The highest BCUT2D eigenvalue weighted by Crippen LogP contribution is 2.40. The Morgan fingerprint density at radius 2 is 2.03 bits per heavy atom. The number of halogens is 2. The van der Waals surface area contributed by atoms with Crippen LogP contribution in [-0.4, -0.2) is 26.5 Å². The monoisotopic (exact) mass is 616 g/mol. The van der Waals surface area contributed by atoms with Crippen molar-refractivity contribution in [2.75, 3.05) is 18.2 Å². The number of hydrogen-bond donors (Lipinski definition) is 2. The molecule has 2 heterocycles. The molecule has 1 aliphatic carbocycles. The maximum atomic E-state index is 13.0. The van der Waals surface area contributed by atoms with Crippen molar-refractivity contribution in [2.45, 2.75) is 42.6 Å². The van der Waals surface area contributed by atoms with Gasteiger partial charge in [-0.2, -0.15) is 0 Å².